The lowest BCUT2D eigenvalue weighted by atomic mass is 9.95. The van der Waals surface area contributed by atoms with Crippen LogP contribution in [0.15, 0.2) is 30.9 Å². The van der Waals surface area contributed by atoms with Crippen LogP contribution in [0.3, 0.4) is 0 Å². The standard InChI is InChI=1S/C16H19FN2O3/c1-3-14(20)19-13-10-11(6-7-12(13)17)18-15(21)16(2)8-4-5-9-22-16/h3,6-7,10H,1,4-5,8-9H2,2H3,(H,18,21)(H,19,20). The van der Waals surface area contributed by atoms with Crippen LogP contribution in [-0.2, 0) is 14.3 Å². The third-order valence-corrected chi connectivity index (χ3v) is 3.62. The van der Waals surface area contributed by atoms with Gasteiger partial charge in [0.2, 0.25) is 5.91 Å². The predicted molar refractivity (Wildman–Crippen MR) is 82.1 cm³/mol. The van der Waals surface area contributed by atoms with E-state index in [9.17, 15) is 14.0 Å². The Kier molecular flexibility index (Phi) is 4.92. The molecule has 0 bridgehead atoms. The van der Waals surface area contributed by atoms with Crippen molar-refractivity contribution in [3.05, 3.63) is 36.7 Å². The van der Waals surface area contributed by atoms with Gasteiger partial charge in [-0.1, -0.05) is 6.58 Å². The molecule has 0 aliphatic carbocycles. The molecule has 2 amide bonds. The van der Waals surface area contributed by atoms with E-state index < -0.39 is 17.3 Å². The number of carbonyl (C=O) groups is 2. The average Bonchev–Trinajstić information content (AvgIpc) is 2.51. The van der Waals surface area contributed by atoms with Gasteiger partial charge in [0.15, 0.2) is 0 Å². The van der Waals surface area contributed by atoms with Gasteiger partial charge >= 0.3 is 0 Å². The monoisotopic (exact) mass is 306 g/mol. The van der Waals surface area contributed by atoms with Gasteiger partial charge in [0.05, 0.1) is 5.69 Å². The summed E-state index contributed by atoms with van der Waals surface area (Å²) in [4.78, 5) is 23.6. The topological polar surface area (TPSA) is 67.4 Å². The Balaban J connectivity index is 2.12. The second kappa shape index (κ2) is 6.70. The van der Waals surface area contributed by atoms with Crippen molar-refractivity contribution >= 4 is 23.2 Å². The number of hydrogen-bond acceptors (Lipinski definition) is 3. The van der Waals surface area contributed by atoms with Crippen molar-refractivity contribution in [1.29, 1.82) is 0 Å². The largest absolute Gasteiger partial charge is 0.365 e. The van der Waals surface area contributed by atoms with Crippen molar-refractivity contribution in [1.82, 2.24) is 0 Å². The predicted octanol–water partition coefficient (Wildman–Crippen LogP) is 2.85. The number of rotatable bonds is 4. The van der Waals surface area contributed by atoms with Gasteiger partial charge in [-0.2, -0.15) is 0 Å². The van der Waals surface area contributed by atoms with Crippen LogP contribution in [-0.4, -0.2) is 24.0 Å². The minimum Gasteiger partial charge on any atom is -0.365 e. The van der Waals surface area contributed by atoms with Gasteiger partial charge in [0.25, 0.3) is 5.91 Å². The SMILES string of the molecule is C=CC(=O)Nc1cc(NC(=O)C2(C)CCCCO2)ccc1F. The molecule has 1 atom stereocenters. The number of halogens is 1. The summed E-state index contributed by atoms with van der Waals surface area (Å²) in [6.45, 7) is 5.60. The maximum absolute atomic E-state index is 13.6. The van der Waals surface area contributed by atoms with Gasteiger partial charge in [-0.05, 0) is 50.5 Å². The Morgan fingerprint density at radius 2 is 2.14 bits per heavy atom. The molecule has 1 unspecified atom stereocenters. The van der Waals surface area contributed by atoms with Crippen LogP contribution in [0.25, 0.3) is 0 Å². The van der Waals surface area contributed by atoms with Crippen LogP contribution in [0.1, 0.15) is 26.2 Å². The number of benzene rings is 1. The lowest BCUT2D eigenvalue weighted by Gasteiger charge is -2.32. The van der Waals surface area contributed by atoms with Crippen molar-refractivity contribution in [2.24, 2.45) is 0 Å². The number of ether oxygens (including phenoxy) is 1. The van der Waals surface area contributed by atoms with Crippen molar-refractivity contribution in [3.8, 4) is 0 Å². The molecule has 1 aromatic carbocycles. The van der Waals surface area contributed by atoms with Crippen molar-refractivity contribution in [2.45, 2.75) is 31.8 Å². The quantitative estimate of drug-likeness (QED) is 0.841. The molecule has 1 aromatic rings. The van der Waals surface area contributed by atoms with Crippen LogP contribution in [0.2, 0.25) is 0 Å². The molecular weight excluding hydrogens is 287 g/mol. The molecule has 6 heteroatoms. The molecule has 5 nitrogen and oxygen atoms in total. The Hall–Kier alpha value is -2.21. The van der Waals surface area contributed by atoms with Crippen LogP contribution >= 0.6 is 0 Å². The van der Waals surface area contributed by atoms with E-state index in [4.69, 9.17) is 4.74 Å². The highest BCUT2D eigenvalue weighted by atomic mass is 19.1. The summed E-state index contributed by atoms with van der Waals surface area (Å²) in [5, 5.41) is 5.05. The Morgan fingerprint density at radius 3 is 2.77 bits per heavy atom. The maximum Gasteiger partial charge on any atom is 0.256 e. The summed E-state index contributed by atoms with van der Waals surface area (Å²) in [5.74, 6) is -1.39. The first-order valence-electron chi connectivity index (χ1n) is 7.13. The molecule has 0 saturated carbocycles. The molecule has 1 aliphatic rings. The molecule has 118 valence electrons. The molecule has 0 spiro atoms. The minimum atomic E-state index is -0.878. The number of hydrogen-bond donors (Lipinski definition) is 2. The van der Waals surface area contributed by atoms with Gasteiger partial charge in [0.1, 0.15) is 11.4 Å². The number of amides is 2. The molecule has 1 heterocycles. The fourth-order valence-corrected chi connectivity index (χ4v) is 2.26. The number of anilines is 2. The molecular formula is C16H19FN2O3. The molecule has 22 heavy (non-hydrogen) atoms. The van der Waals surface area contributed by atoms with Crippen molar-refractivity contribution in [3.63, 3.8) is 0 Å². The van der Waals surface area contributed by atoms with Crippen molar-refractivity contribution < 1.29 is 18.7 Å². The van der Waals surface area contributed by atoms with E-state index in [0.717, 1.165) is 18.9 Å². The Labute approximate surface area is 128 Å². The third kappa shape index (κ3) is 3.71. The average molecular weight is 306 g/mol. The van der Waals surface area contributed by atoms with E-state index >= 15 is 0 Å². The molecule has 0 aromatic heterocycles. The lowest BCUT2D eigenvalue weighted by molar-refractivity contribution is -0.144. The Bertz CT molecular complexity index is 595. The van der Waals surface area contributed by atoms with E-state index in [1.807, 2.05) is 0 Å². The van der Waals surface area contributed by atoms with Gasteiger partial charge in [0, 0.05) is 12.3 Å². The van der Waals surface area contributed by atoms with Gasteiger partial charge in [-0.25, -0.2) is 4.39 Å². The molecule has 2 N–H and O–H groups in total. The fourth-order valence-electron chi connectivity index (χ4n) is 2.26. The zero-order valence-corrected chi connectivity index (χ0v) is 12.4. The van der Waals surface area contributed by atoms with Crippen LogP contribution in [0, 0.1) is 5.82 Å². The molecule has 1 fully saturated rings. The van der Waals surface area contributed by atoms with Crippen molar-refractivity contribution in [2.75, 3.05) is 17.2 Å². The maximum atomic E-state index is 13.6. The van der Waals surface area contributed by atoms with E-state index in [-0.39, 0.29) is 11.6 Å². The molecule has 1 saturated heterocycles. The smallest absolute Gasteiger partial charge is 0.256 e. The third-order valence-electron chi connectivity index (χ3n) is 3.62. The van der Waals surface area contributed by atoms with Crippen LogP contribution in [0.5, 0.6) is 0 Å². The summed E-state index contributed by atoms with van der Waals surface area (Å²) in [5.41, 5.74) is -0.504. The van der Waals surface area contributed by atoms with E-state index in [1.54, 1.807) is 6.92 Å². The highest BCUT2D eigenvalue weighted by Crippen LogP contribution is 2.27. The highest BCUT2D eigenvalue weighted by molar-refractivity contribution is 6.00. The summed E-state index contributed by atoms with van der Waals surface area (Å²) >= 11 is 0. The van der Waals surface area contributed by atoms with Gasteiger partial charge in [-0.15, -0.1) is 0 Å². The summed E-state index contributed by atoms with van der Waals surface area (Å²) in [7, 11) is 0. The normalized spacial score (nSPS) is 21.0. The van der Waals surface area contributed by atoms with Crippen LogP contribution in [0.4, 0.5) is 15.8 Å². The highest BCUT2D eigenvalue weighted by Gasteiger charge is 2.36. The van der Waals surface area contributed by atoms with Gasteiger partial charge in [-0.3, -0.25) is 9.59 Å². The molecule has 1 aliphatic heterocycles. The lowest BCUT2D eigenvalue weighted by Crippen LogP contribution is -2.45. The second-order valence-corrected chi connectivity index (χ2v) is 5.38. The summed E-state index contributed by atoms with van der Waals surface area (Å²) in [6, 6.07) is 3.97. The Morgan fingerprint density at radius 1 is 1.36 bits per heavy atom. The zero-order chi connectivity index (χ0) is 16.2. The fraction of sp³-hybridized carbons (Fsp3) is 0.375. The van der Waals surface area contributed by atoms with Crippen LogP contribution < -0.4 is 10.6 Å². The number of carbonyl (C=O) groups excluding carboxylic acids is 2. The summed E-state index contributed by atoms with van der Waals surface area (Å²) < 4.78 is 19.2. The van der Waals surface area contributed by atoms with Gasteiger partial charge < -0.3 is 15.4 Å². The van der Waals surface area contributed by atoms with E-state index in [0.29, 0.717) is 18.7 Å². The molecule has 0 radical (unpaired) electrons. The molecule has 2 rings (SSSR count). The second-order valence-electron chi connectivity index (χ2n) is 5.38. The first-order chi connectivity index (χ1) is 10.4. The van der Waals surface area contributed by atoms with E-state index in [2.05, 4.69) is 17.2 Å². The van der Waals surface area contributed by atoms with E-state index in [1.165, 1.54) is 18.2 Å². The number of nitrogens with one attached hydrogen (secondary N) is 2. The first kappa shape index (κ1) is 16.2. The zero-order valence-electron chi connectivity index (χ0n) is 12.4. The summed E-state index contributed by atoms with van der Waals surface area (Å²) in [6.07, 6.45) is 3.55. The first-order valence-corrected chi connectivity index (χ1v) is 7.13. The minimum absolute atomic E-state index is 0.0163.